The van der Waals surface area contributed by atoms with Gasteiger partial charge in [-0.3, -0.25) is 0 Å². The van der Waals surface area contributed by atoms with Crippen LogP contribution in [-0.2, 0) is 4.74 Å². The van der Waals surface area contributed by atoms with Gasteiger partial charge in [0, 0.05) is 0 Å². The van der Waals surface area contributed by atoms with Crippen molar-refractivity contribution in [3.63, 3.8) is 0 Å². The summed E-state index contributed by atoms with van der Waals surface area (Å²) in [6.07, 6.45) is 0.0684. The van der Waals surface area contributed by atoms with E-state index in [4.69, 9.17) is 14.8 Å². The molecule has 1 atom stereocenters. The Bertz CT molecular complexity index is 153. The average molecular weight is 221 g/mol. The van der Waals surface area contributed by atoms with Crippen LogP contribution in [0.15, 0.2) is 0 Å². The van der Waals surface area contributed by atoms with Gasteiger partial charge >= 0.3 is 7.69 Å². The quantitative estimate of drug-likeness (QED) is 0.478. The van der Waals surface area contributed by atoms with Gasteiger partial charge in [0.2, 0.25) is 0 Å². The molecule has 0 aliphatic heterocycles. The van der Waals surface area contributed by atoms with Crippen molar-refractivity contribution in [2.75, 3.05) is 6.61 Å². The van der Waals surface area contributed by atoms with E-state index in [1.165, 1.54) is 0 Å². The summed E-state index contributed by atoms with van der Waals surface area (Å²) in [4.78, 5) is 0. The third kappa shape index (κ3) is 8.83. The lowest BCUT2D eigenvalue weighted by Gasteiger charge is -2.35. The molecule has 0 aromatic carbocycles. The Balaban J connectivity index is 0. The minimum absolute atomic E-state index is 0. The molecule has 0 amide bonds. The van der Waals surface area contributed by atoms with Gasteiger partial charge in [-0.1, -0.05) is 0 Å². The van der Waals surface area contributed by atoms with Crippen molar-refractivity contribution in [1.29, 1.82) is 0 Å². The van der Waals surface area contributed by atoms with Crippen LogP contribution < -0.4 is 0 Å². The maximum Gasteiger partial charge on any atom is 0.482 e. The molecule has 0 aliphatic carbocycles. The van der Waals surface area contributed by atoms with Crippen molar-refractivity contribution in [2.45, 2.75) is 51.9 Å². The highest BCUT2D eigenvalue weighted by molar-refractivity contribution is 6.13. The van der Waals surface area contributed by atoms with Crippen LogP contribution in [0, 0.1) is 0 Å². The van der Waals surface area contributed by atoms with E-state index in [1.807, 2.05) is 13.8 Å². The summed E-state index contributed by atoms with van der Waals surface area (Å²) in [7, 11) is 0. The molecule has 0 heterocycles. The molecule has 0 saturated carbocycles. The van der Waals surface area contributed by atoms with E-state index in [-0.39, 0.29) is 20.4 Å². The lowest BCUT2D eigenvalue weighted by atomic mass is 9.89. The smallest absolute Gasteiger partial charge is 0.429 e. The van der Waals surface area contributed by atoms with Crippen LogP contribution in [0.2, 0.25) is 0 Å². The predicted molar refractivity (Wildman–Crippen MR) is 58.2 cm³/mol. The highest BCUT2D eigenvalue weighted by atomic mass is 16.5. The third-order valence-corrected chi connectivity index (χ3v) is 2.02. The molecule has 1 radical (unpaired) electrons. The second kappa shape index (κ2) is 7.19. The average Bonchev–Trinajstić information content (AvgIpc) is 2.00. The number of ether oxygens (including phenoxy) is 1. The topological polar surface area (TPSA) is 90.2 Å². The van der Waals surface area contributed by atoms with Gasteiger partial charge in [0.1, 0.15) is 5.60 Å². The van der Waals surface area contributed by atoms with Gasteiger partial charge in [-0.2, -0.15) is 0 Å². The largest absolute Gasteiger partial charge is 0.482 e. The molecule has 0 aliphatic rings. The molecule has 0 aromatic heterocycles. The summed E-state index contributed by atoms with van der Waals surface area (Å²) in [5, 5.41) is 33.3. The van der Waals surface area contributed by atoms with E-state index in [2.05, 4.69) is 0 Å². The Kier molecular flexibility index (Phi) is 8.28. The summed E-state index contributed by atoms with van der Waals surface area (Å²) in [5.41, 5.74) is -2.33. The fourth-order valence-electron chi connectivity index (χ4n) is 0.506. The fraction of sp³-hybridized carbons (Fsp3) is 1.00. The minimum Gasteiger partial charge on any atom is -0.429 e. The molecule has 4 N–H and O–H groups in total. The van der Waals surface area contributed by atoms with Crippen LogP contribution in [0.25, 0.3) is 0 Å². The summed E-state index contributed by atoms with van der Waals surface area (Å²) >= 11 is 0. The fourth-order valence-corrected chi connectivity index (χ4v) is 0.506. The number of hydrogen-bond donors (Lipinski definition) is 4. The van der Waals surface area contributed by atoms with Gasteiger partial charge < -0.3 is 25.0 Å². The van der Waals surface area contributed by atoms with Gasteiger partial charge in [-0.05, 0) is 34.6 Å². The van der Waals surface area contributed by atoms with Crippen molar-refractivity contribution in [3.8, 4) is 0 Å². The Labute approximate surface area is 92.0 Å². The van der Waals surface area contributed by atoms with E-state index < -0.39 is 11.2 Å². The standard InChI is InChI=1S/C9H20O3.BH2O2/c1-7(2)12-6-9(5,11)8(3,4)10;2-1-3/h7,10-11H,6H2,1-5H3;2-3H. The maximum absolute atomic E-state index is 9.72. The molecule has 0 saturated heterocycles. The van der Waals surface area contributed by atoms with E-state index in [0.717, 1.165) is 0 Å². The van der Waals surface area contributed by atoms with Crippen molar-refractivity contribution < 1.29 is 25.0 Å². The van der Waals surface area contributed by atoms with Gasteiger partial charge in [-0.15, -0.1) is 0 Å². The normalized spacial score (nSPS) is 15.3. The molecule has 0 bridgehead atoms. The van der Waals surface area contributed by atoms with E-state index in [1.54, 1.807) is 20.8 Å². The molecule has 0 rings (SSSR count). The molecule has 15 heavy (non-hydrogen) atoms. The van der Waals surface area contributed by atoms with E-state index in [9.17, 15) is 10.2 Å². The molecular weight excluding hydrogens is 199 g/mol. The summed E-state index contributed by atoms with van der Waals surface area (Å²) in [6.45, 7) is 8.62. The molecular formula is C9H22BO5. The van der Waals surface area contributed by atoms with E-state index in [0.29, 0.717) is 0 Å². The van der Waals surface area contributed by atoms with Crippen LogP contribution in [0.1, 0.15) is 34.6 Å². The molecule has 1 unspecified atom stereocenters. The molecule has 5 nitrogen and oxygen atoms in total. The van der Waals surface area contributed by atoms with Crippen molar-refractivity contribution in [1.82, 2.24) is 0 Å². The number of hydrogen-bond acceptors (Lipinski definition) is 5. The minimum atomic E-state index is -1.20. The second-order valence-electron chi connectivity index (χ2n) is 4.31. The first-order valence-electron chi connectivity index (χ1n) is 4.75. The summed E-state index contributed by atoms with van der Waals surface area (Å²) < 4.78 is 5.22. The Morgan fingerprint density at radius 2 is 1.47 bits per heavy atom. The number of aliphatic hydroxyl groups is 2. The zero-order valence-electron chi connectivity index (χ0n) is 10.1. The van der Waals surface area contributed by atoms with Crippen molar-refractivity contribution >= 4 is 7.69 Å². The first-order chi connectivity index (χ1) is 6.58. The lowest BCUT2D eigenvalue weighted by molar-refractivity contribution is -0.160. The molecule has 6 heteroatoms. The second-order valence-corrected chi connectivity index (χ2v) is 4.31. The first kappa shape index (κ1) is 17.3. The molecule has 0 spiro atoms. The van der Waals surface area contributed by atoms with E-state index >= 15 is 0 Å². The van der Waals surface area contributed by atoms with Gasteiger partial charge in [0.25, 0.3) is 0 Å². The Morgan fingerprint density at radius 3 is 1.67 bits per heavy atom. The molecule has 0 fully saturated rings. The van der Waals surface area contributed by atoms with Gasteiger partial charge in [-0.25, -0.2) is 0 Å². The summed E-state index contributed by atoms with van der Waals surface area (Å²) in [6, 6.07) is 0. The van der Waals surface area contributed by atoms with Crippen LogP contribution in [-0.4, -0.2) is 51.9 Å². The van der Waals surface area contributed by atoms with Crippen LogP contribution in [0.5, 0.6) is 0 Å². The van der Waals surface area contributed by atoms with Crippen LogP contribution >= 0.6 is 0 Å². The SMILES string of the molecule is CC(C)OCC(C)(O)C(C)(C)O.O[B]O. The van der Waals surface area contributed by atoms with Gasteiger partial charge in [0.05, 0.1) is 18.3 Å². The van der Waals surface area contributed by atoms with Crippen molar-refractivity contribution in [2.24, 2.45) is 0 Å². The monoisotopic (exact) mass is 221 g/mol. The highest BCUT2D eigenvalue weighted by Crippen LogP contribution is 2.21. The predicted octanol–water partition coefficient (Wildman–Crippen LogP) is -0.561. The number of rotatable bonds is 4. The Hall–Kier alpha value is -0.135. The van der Waals surface area contributed by atoms with Gasteiger partial charge in [0.15, 0.2) is 0 Å². The Morgan fingerprint density at radius 1 is 1.13 bits per heavy atom. The highest BCUT2D eigenvalue weighted by Gasteiger charge is 2.37. The molecule has 91 valence electrons. The maximum atomic E-state index is 9.72. The lowest BCUT2D eigenvalue weighted by Crippen LogP contribution is -2.51. The van der Waals surface area contributed by atoms with Crippen molar-refractivity contribution in [3.05, 3.63) is 0 Å². The van der Waals surface area contributed by atoms with Crippen LogP contribution in [0.3, 0.4) is 0 Å². The zero-order valence-corrected chi connectivity index (χ0v) is 10.1. The third-order valence-electron chi connectivity index (χ3n) is 2.02. The first-order valence-corrected chi connectivity index (χ1v) is 4.75. The molecule has 0 aromatic rings. The zero-order chi connectivity index (χ0) is 12.7. The van der Waals surface area contributed by atoms with Crippen LogP contribution in [0.4, 0.5) is 0 Å². The summed E-state index contributed by atoms with van der Waals surface area (Å²) in [5.74, 6) is 0.